The van der Waals surface area contributed by atoms with Gasteiger partial charge in [-0.25, -0.2) is 0 Å². The fourth-order valence-corrected chi connectivity index (χ4v) is 3.17. The summed E-state index contributed by atoms with van der Waals surface area (Å²) < 4.78 is 2.56. The van der Waals surface area contributed by atoms with Crippen LogP contribution in [0, 0.1) is 0 Å². The minimum Gasteiger partial charge on any atom is -0.262 e. The van der Waals surface area contributed by atoms with E-state index in [0.29, 0.717) is 0 Å². The first kappa shape index (κ1) is 12.9. The maximum atomic E-state index is 2.56. The molecule has 0 saturated carbocycles. The lowest BCUT2D eigenvalue weighted by atomic mass is 10.4. The van der Waals surface area contributed by atoms with E-state index < -0.39 is 0 Å². The molecule has 15 heavy (non-hydrogen) atoms. The summed E-state index contributed by atoms with van der Waals surface area (Å²) in [6.45, 7) is 10.4. The van der Waals surface area contributed by atoms with Crippen LogP contribution in [0.3, 0.4) is 0 Å². The van der Waals surface area contributed by atoms with Crippen molar-refractivity contribution in [2.24, 2.45) is 0 Å². The van der Waals surface area contributed by atoms with Gasteiger partial charge in [-0.2, -0.15) is 0 Å². The molecule has 0 saturated heterocycles. The van der Waals surface area contributed by atoms with Gasteiger partial charge >= 0.3 is 0 Å². The highest BCUT2D eigenvalue weighted by Crippen LogP contribution is 2.10. The minimum absolute atomic E-state index is 1.17. The van der Waals surface area contributed by atoms with Crippen LogP contribution in [0.5, 0.6) is 0 Å². The van der Waals surface area contributed by atoms with Crippen LogP contribution < -0.4 is 0 Å². The van der Waals surface area contributed by atoms with E-state index in [9.17, 15) is 0 Å². The molecule has 0 fully saturated rings. The summed E-state index contributed by atoms with van der Waals surface area (Å²) in [5, 5.41) is 0. The van der Waals surface area contributed by atoms with Crippen molar-refractivity contribution in [1.29, 1.82) is 0 Å². The van der Waals surface area contributed by atoms with Gasteiger partial charge in [-0.15, -0.1) is 11.8 Å². The van der Waals surface area contributed by atoms with Crippen molar-refractivity contribution in [3.8, 4) is 0 Å². The molecule has 1 rings (SSSR count). The van der Waals surface area contributed by atoms with Gasteiger partial charge in [0.15, 0.2) is 0 Å². The van der Waals surface area contributed by atoms with E-state index in [-0.39, 0.29) is 0 Å². The molecular formula is C12H25N2S+. The van der Waals surface area contributed by atoms with Crippen LogP contribution in [0.4, 0.5) is 0 Å². The molecule has 0 bridgehead atoms. The average Bonchev–Trinajstić information content (AvgIpc) is 2.66. The highest BCUT2D eigenvalue weighted by atomic mass is 32.2. The maximum absolute atomic E-state index is 2.56. The Kier molecular flexibility index (Phi) is 6.15. The van der Waals surface area contributed by atoms with E-state index in [1.165, 1.54) is 50.5 Å². The summed E-state index contributed by atoms with van der Waals surface area (Å²) in [5.74, 6) is 4.07. The molecule has 88 valence electrons. The van der Waals surface area contributed by atoms with Crippen LogP contribution >= 0.6 is 11.8 Å². The predicted octanol–water partition coefficient (Wildman–Crippen LogP) is 2.63. The quantitative estimate of drug-likeness (QED) is 0.489. The fraction of sp³-hybridized carbons (Fsp3) is 0.917. The van der Waals surface area contributed by atoms with E-state index in [0.717, 1.165) is 0 Å². The Balaban J connectivity index is 2.37. The summed E-state index contributed by atoms with van der Waals surface area (Å²) in [4.78, 5) is 2.51. The second-order valence-electron chi connectivity index (χ2n) is 4.00. The topological polar surface area (TPSA) is 6.25 Å². The van der Waals surface area contributed by atoms with Gasteiger partial charge in [-0.1, -0.05) is 20.3 Å². The molecule has 0 amide bonds. The van der Waals surface area contributed by atoms with Crippen molar-refractivity contribution in [2.75, 3.05) is 31.3 Å². The Hall–Kier alpha value is -0.180. The number of unbranched alkanes of at least 4 members (excludes halogenated alkanes) is 1. The van der Waals surface area contributed by atoms with Crippen LogP contribution in [0.15, 0.2) is 0 Å². The van der Waals surface area contributed by atoms with Crippen molar-refractivity contribution in [1.82, 2.24) is 4.90 Å². The van der Waals surface area contributed by atoms with E-state index >= 15 is 0 Å². The van der Waals surface area contributed by atoms with Crippen molar-refractivity contribution in [3.05, 3.63) is 0 Å². The van der Waals surface area contributed by atoms with Gasteiger partial charge in [0.05, 0.1) is 6.54 Å². The van der Waals surface area contributed by atoms with Crippen molar-refractivity contribution < 1.29 is 4.58 Å². The Morgan fingerprint density at radius 1 is 1.33 bits per heavy atom. The minimum atomic E-state index is 1.17. The molecular weight excluding hydrogens is 204 g/mol. The zero-order valence-corrected chi connectivity index (χ0v) is 11.3. The molecule has 0 aromatic rings. The highest BCUT2D eigenvalue weighted by molar-refractivity contribution is 7.99. The monoisotopic (exact) mass is 229 g/mol. The third-order valence-electron chi connectivity index (χ3n) is 2.96. The molecule has 1 aliphatic rings. The number of hydrogen-bond donors (Lipinski definition) is 0. The average molecular weight is 229 g/mol. The fourth-order valence-electron chi connectivity index (χ4n) is 2.05. The van der Waals surface area contributed by atoms with Gasteiger partial charge in [-0.3, -0.25) is 9.48 Å². The maximum Gasteiger partial charge on any atom is 0.247 e. The molecule has 0 unspecified atom stereocenters. The van der Waals surface area contributed by atoms with Gasteiger partial charge in [0.25, 0.3) is 0 Å². The summed E-state index contributed by atoms with van der Waals surface area (Å²) in [6, 6.07) is 0. The van der Waals surface area contributed by atoms with Crippen LogP contribution in [0.25, 0.3) is 0 Å². The van der Waals surface area contributed by atoms with Crippen LogP contribution in [-0.4, -0.2) is 46.6 Å². The van der Waals surface area contributed by atoms with E-state index in [4.69, 9.17) is 0 Å². The molecule has 0 radical (unpaired) electrons. The Bertz CT molecular complexity index is 214. The zero-order valence-electron chi connectivity index (χ0n) is 10.5. The lowest BCUT2D eigenvalue weighted by molar-refractivity contribution is -0.497. The van der Waals surface area contributed by atoms with Crippen molar-refractivity contribution in [2.45, 2.75) is 40.0 Å². The van der Waals surface area contributed by atoms with Gasteiger partial charge in [-0.05, 0) is 19.1 Å². The number of amidine groups is 1. The Labute approximate surface area is 98.7 Å². The smallest absolute Gasteiger partial charge is 0.247 e. The summed E-state index contributed by atoms with van der Waals surface area (Å²) in [7, 11) is 0. The number of likely N-dealkylation sites (N-methyl/N-ethyl adjacent to an activating group) is 1. The zero-order chi connectivity index (χ0) is 11.1. The first-order valence-corrected chi connectivity index (χ1v) is 7.42. The lowest BCUT2D eigenvalue weighted by Crippen LogP contribution is -2.28. The standard InChI is InChI=1S/C12H25N2S/c1-4-7-10-15-11-14-9-8-13(6-3)12(14)5-2/h4-11H2,1-3H3/q+1. The molecule has 2 nitrogen and oxygen atoms in total. The molecule has 0 spiro atoms. The predicted molar refractivity (Wildman–Crippen MR) is 69.9 cm³/mol. The van der Waals surface area contributed by atoms with Gasteiger partial charge in [0.1, 0.15) is 19.0 Å². The first-order chi connectivity index (χ1) is 7.33. The van der Waals surface area contributed by atoms with E-state index in [1.807, 2.05) is 0 Å². The van der Waals surface area contributed by atoms with Crippen molar-refractivity contribution in [3.63, 3.8) is 0 Å². The van der Waals surface area contributed by atoms with Crippen LogP contribution in [0.2, 0.25) is 0 Å². The van der Waals surface area contributed by atoms with Gasteiger partial charge < -0.3 is 0 Å². The number of rotatable bonds is 7. The lowest BCUT2D eigenvalue weighted by Gasteiger charge is -2.09. The third-order valence-corrected chi connectivity index (χ3v) is 4.03. The molecule has 3 heteroatoms. The second-order valence-corrected chi connectivity index (χ2v) is 5.08. The van der Waals surface area contributed by atoms with Gasteiger partial charge in [0, 0.05) is 6.42 Å². The molecule has 1 heterocycles. The summed E-state index contributed by atoms with van der Waals surface area (Å²) in [6.07, 6.45) is 3.86. The van der Waals surface area contributed by atoms with E-state index in [1.54, 1.807) is 5.84 Å². The molecule has 0 aromatic carbocycles. The molecule has 0 aromatic heterocycles. The largest absolute Gasteiger partial charge is 0.262 e. The van der Waals surface area contributed by atoms with Crippen molar-refractivity contribution >= 4 is 17.6 Å². The Morgan fingerprint density at radius 3 is 2.73 bits per heavy atom. The number of hydrogen-bond acceptors (Lipinski definition) is 2. The highest BCUT2D eigenvalue weighted by Gasteiger charge is 2.26. The summed E-state index contributed by atoms with van der Waals surface area (Å²) >= 11 is 2.09. The SMILES string of the molecule is CCCCSC[N+]1=C(CC)N(CC)CC1. The van der Waals surface area contributed by atoms with Crippen LogP contribution in [-0.2, 0) is 0 Å². The van der Waals surface area contributed by atoms with Gasteiger partial charge in [0.2, 0.25) is 5.84 Å². The summed E-state index contributed by atoms with van der Waals surface area (Å²) in [5.41, 5.74) is 0. The second kappa shape index (κ2) is 7.15. The molecule has 0 aliphatic carbocycles. The van der Waals surface area contributed by atoms with Crippen LogP contribution in [0.1, 0.15) is 40.0 Å². The third kappa shape index (κ3) is 3.71. The number of thioether (sulfide) groups is 1. The number of nitrogens with zero attached hydrogens (tertiary/aromatic N) is 2. The molecule has 0 N–H and O–H groups in total. The van der Waals surface area contributed by atoms with E-state index in [2.05, 4.69) is 42.0 Å². The molecule has 1 aliphatic heterocycles. The Morgan fingerprint density at radius 2 is 2.13 bits per heavy atom. The normalized spacial score (nSPS) is 16.6. The molecule has 0 atom stereocenters. The first-order valence-electron chi connectivity index (χ1n) is 6.26.